The molecule has 4 rings (SSSR count). The Morgan fingerprint density at radius 1 is 1.04 bits per heavy atom. The number of rotatable bonds is 3. The Kier molecular flexibility index (Phi) is 4.61. The van der Waals surface area contributed by atoms with E-state index in [1.807, 2.05) is 23.1 Å². The molecule has 0 bridgehead atoms. The van der Waals surface area contributed by atoms with Crippen LogP contribution in [-0.4, -0.2) is 43.6 Å². The van der Waals surface area contributed by atoms with Gasteiger partial charge >= 0.3 is 0 Å². The summed E-state index contributed by atoms with van der Waals surface area (Å²) in [6.45, 7) is 3.57. The first kappa shape index (κ1) is 16.6. The highest BCUT2D eigenvalue weighted by molar-refractivity contribution is 5.92. The van der Waals surface area contributed by atoms with Gasteiger partial charge in [-0.1, -0.05) is 6.07 Å². The van der Waals surface area contributed by atoms with Crippen LogP contribution in [0.4, 0.5) is 10.1 Å². The molecule has 5 heteroatoms. The Balaban J connectivity index is 1.34. The topological polar surface area (TPSA) is 32.8 Å². The standard InChI is InChI=1S/C21H21FN2O2/c22-18-3-5-19(6-4-18)23-10-12-24(13-11-23)21(25)8-2-16-1-7-20-17(15-16)9-14-26-20/h1-8,15H,9-14H2/b8-2+. The molecule has 2 heterocycles. The highest BCUT2D eigenvalue weighted by Gasteiger charge is 2.20. The quantitative estimate of drug-likeness (QED) is 0.796. The first-order valence-electron chi connectivity index (χ1n) is 8.92. The Morgan fingerprint density at radius 3 is 2.58 bits per heavy atom. The molecule has 134 valence electrons. The zero-order valence-corrected chi connectivity index (χ0v) is 14.5. The number of carbonyl (C=O) groups excluding carboxylic acids is 1. The minimum absolute atomic E-state index is 0.0282. The summed E-state index contributed by atoms with van der Waals surface area (Å²) in [6, 6.07) is 12.5. The zero-order valence-electron chi connectivity index (χ0n) is 14.5. The summed E-state index contributed by atoms with van der Waals surface area (Å²) >= 11 is 0. The van der Waals surface area contributed by atoms with Crippen molar-refractivity contribution in [2.75, 3.05) is 37.7 Å². The molecule has 1 amide bonds. The second-order valence-corrected chi connectivity index (χ2v) is 6.59. The van der Waals surface area contributed by atoms with Gasteiger partial charge in [0.2, 0.25) is 5.91 Å². The molecule has 0 aliphatic carbocycles. The van der Waals surface area contributed by atoms with Crippen molar-refractivity contribution in [3.63, 3.8) is 0 Å². The number of piperazine rings is 1. The van der Waals surface area contributed by atoms with Gasteiger partial charge in [0.1, 0.15) is 11.6 Å². The fourth-order valence-electron chi connectivity index (χ4n) is 3.42. The van der Waals surface area contributed by atoms with Crippen molar-refractivity contribution >= 4 is 17.7 Å². The fraction of sp³-hybridized carbons (Fsp3) is 0.286. The zero-order chi connectivity index (χ0) is 17.9. The van der Waals surface area contributed by atoms with Crippen molar-refractivity contribution in [1.29, 1.82) is 0 Å². The number of halogens is 1. The third-order valence-electron chi connectivity index (χ3n) is 4.91. The van der Waals surface area contributed by atoms with Gasteiger partial charge in [0.25, 0.3) is 0 Å². The monoisotopic (exact) mass is 352 g/mol. The van der Waals surface area contributed by atoms with E-state index in [1.54, 1.807) is 18.2 Å². The van der Waals surface area contributed by atoms with Crippen molar-refractivity contribution in [2.45, 2.75) is 6.42 Å². The van der Waals surface area contributed by atoms with E-state index in [-0.39, 0.29) is 11.7 Å². The van der Waals surface area contributed by atoms with Crippen molar-refractivity contribution in [1.82, 2.24) is 4.90 Å². The number of nitrogens with zero attached hydrogens (tertiary/aromatic N) is 2. The molecule has 0 saturated carbocycles. The van der Waals surface area contributed by atoms with Crippen LogP contribution in [0.5, 0.6) is 5.75 Å². The van der Waals surface area contributed by atoms with Crippen LogP contribution in [0.1, 0.15) is 11.1 Å². The predicted molar refractivity (Wildman–Crippen MR) is 99.9 cm³/mol. The Hall–Kier alpha value is -2.82. The molecule has 26 heavy (non-hydrogen) atoms. The Morgan fingerprint density at radius 2 is 1.81 bits per heavy atom. The molecule has 2 aliphatic rings. The molecule has 0 radical (unpaired) electrons. The van der Waals surface area contributed by atoms with Crippen molar-refractivity contribution in [2.24, 2.45) is 0 Å². The minimum atomic E-state index is -0.231. The highest BCUT2D eigenvalue weighted by atomic mass is 19.1. The molecular formula is C21H21FN2O2. The summed E-state index contributed by atoms with van der Waals surface area (Å²) in [5, 5.41) is 0. The van der Waals surface area contributed by atoms with E-state index in [2.05, 4.69) is 11.0 Å². The number of amides is 1. The van der Waals surface area contributed by atoms with E-state index in [0.29, 0.717) is 13.1 Å². The average Bonchev–Trinajstić information content (AvgIpc) is 3.15. The third kappa shape index (κ3) is 3.57. The number of hydrogen-bond acceptors (Lipinski definition) is 3. The Bertz CT molecular complexity index is 824. The summed E-state index contributed by atoms with van der Waals surface area (Å²) in [5.41, 5.74) is 3.22. The fourth-order valence-corrected chi connectivity index (χ4v) is 3.42. The van der Waals surface area contributed by atoms with E-state index < -0.39 is 0 Å². The molecule has 2 aromatic rings. The van der Waals surface area contributed by atoms with Gasteiger partial charge in [-0.15, -0.1) is 0 Å². The van der Waals surface area contributed by atoms with Crippen molar-refractivity contribution in [3.8, 4) is 5.75 Å². The van der Waals surface area contributed by atoms with Gasteiger partial charge in [-0.2, -0.15) is 0 Å². The third-order valence-corrected chi connectivity index (χ3v) is 4.91. The molecular weight excluding hydrogens is 331 g/mol. The van der Waals surface area contributed by atoms with Crippen LogP contribution in [0.3, 0.4) is 0 Å². The van der Waals surface area contributed by atoms with Gasteiger partial charge in [-0.05, 0) is 53.6 Å². The number of hydrogen-bond donors (Lipinski definition) is 0. The summed E-state index contributed by atoms with van der Waals surface area (Å²) in [7, 11) is 0. The van der Waals surface area contributed by atoms with Crippen LogP contribution in [-0.2, 0) is 11.2 Å². The summed E-state index contributed by atoms with van der Waals surface area (Å²) < 4.78 is 18.5. The van der Waals surface area contributed by atoms with Crippen molar-refractivity contribution < 1.29 is 13.9 Å². The molecule has 0 spiro atoms. The minimum Gasteiger partial charge on any atom is -0.493 e. The maximum atomic E-state index is 13.0. The van der Waals surface area contributed by atoms with Crippen LogP contribution in [0.15, 0.2) is 48.5 Å². The summed E-state index contributed by atoms with van der Waals surface area (Å²) in [5.74, 6) is 0.747. The number of fused-ring (bicyclic) bond motifs is 1. The van der Waals surface area contributed by atoms with E-state index >= 15 is 0 Å². The molecule has 0 N–H and O–H groups in total. The van der Waals surface area contributed by atoms with Gasteiger partial charge in [0.05, 0.1) is 6.61 Å². The normalized spacial score (nSPS) is 16.7. The van der Waals surface area contributed by atoms with Crippen LogP contribution in [0.2, 0.25) is 0 Å². The summed E-state index contributed by atoms with van der Waals surface area (Å²) in [4.78, 5) is 16.5. The SMILES string of the molecule is O=C(/C=C/c1ccc2c(c1)CCO2)N1CCN(c2ccc(F)cc2)CC1. The van der Waals surface area contributed by atoms with Crippen molar-refractivity contribution in [3.05, 3.63) is 65.5 Å². The van der Waals surface area contributed by atoms with Gasteiger partial charge < -0.3 is 14.5 Å². The lowest BCUT2D eigenvalue weighted by atomic mass is 10.1. The Labute approximate surface area is 152 Å². The maximum Gasteiger partial charge on any atom is 0.246 e. The highest BCUT2D eigenvalue weighted by Crippen LogP contribution is 2.26. The average molecular weight is 352 g/mol. The van der Waals surface area contributed by atoms with E-state index in [0.717, 1.165) is 43.1 Å². The maximum absolute atomic E-state index is 13.0. The first-order chi connectivity index (χ1) is 12.7. The number of carbonyl (C=O) groups is 1. The lowest BCUT2D eigenvalue weighted by Crippen LogP contribution is -2.48. The molecule has 0 unspecified atom stereocenters. The molecule has 0 atom stereocenters. The van der Waals surface area contributed by atoms with Gasteiger partial charge in [-0.25, -0.2) is 4.39 Å². The predicted octanol–water partition coefficient (Wildman–Crippen LogP) is 3.12. The van der Waals surface area contributed by atoms with Crippen LogP contribution in [0, 0.1) is 5.82 Å². The lowest BCUT2D eigenvalue weighted by molar-refractivity contribution is -0.126. The van der Waals surface area contributed by atoms with Crippen LogP contribution < -0.4 is 9.64 Å². The van der Waals surface area contributed by atoms with Gasteiger partial charge in [0.15, 0.2) is 0 Å². The van der Waals surface area contributed by atoms with Crippen LogP contribution >= 0.6 is 0 Å². The second kappa shape index (κ2) is 7.20. The molecule has 1 fully saturated rings. The molecule has 2 aliphatic heterocycles. The molecule has 4 nitrogen and oxygen atoms in total. The van der Waals surface area contributed by atoms with Gasteiger partial charge in [-0.3, -0.25) is 4.79 Å². The number of ether oxygens (including phenoxy) is 1. The largest absolute Gasteiger partial charge is 0.493 e. The van der Waals surface area contributed by atoms with Crippen LogP contribution in [0.25, 0.3) is 6.08 Å². The lowest BCUT2D eigenvalue weighted by Gasteiger charge is -2.35. The van der Waals surface area contributed by atoms with E-state index in [4.69, 9.17) is 4.74 Å². The van der Waals surface area contributed by atoms with E-state index in [9.17, 15) is 9.18 Å². The molecule has 0 aromatic heterocycles. The molecule has 2 aromatic carbocycles. The van der Waals surface area contributed by atoms with Gasteiger partial charge in [0, 0.05) is 44.4 Å². The number of benzene rings is 2. The van der Waals surface area contributed by atoms with E-state index in [1.165, 1.54) is 17.7 Å². The molecule has 1 saturated heterocycles. The number of anilines is 1. The first-order valence-corrected chi connectivity index (χ1v) is 8.92. The second-order valence-electron chi connectivity index (χ2n) is 6.59. The summed E-state index contributed by atoms with van der Waals surface area (Å²) in [6.07, 6.45) is 4.44. The smallest absolute Gasteiger partial charge is 0.246 e.